The lowest BCUT2D eigenvalue weighted by molar-refractivity contribution is -0.114. The van der Waals surface area contributed by atoms with Crippen LogP contribution >= 0.6 is 0 Å². The van der Waals surface area contributed by atoms with Crippen LogP contribution in [0.2, 0.25) is 0 Å². The monoisotopic (exact) mass is 409 g/mol. The molecule has 3 aromatic rings. The highest BCUT2D eigenvalue weighted by atomic mass is 32.2. The lowest BCUT2D eigenvalue weighted by atomic mass is 10.0. The summed E-state index contributed by atoms with van der Waals surface area (Å²) in [7, 11) is -4.24. The molecule has 1 N–H and O–H groups in total. The van der Waals surface area contributed by atoms with Crippen molar-refractivity contribution in [1.29, 1.82) is 0 Å². The number of carbonyl (C=O) groups is 2. The highest BCUT2D eigenvalue weighted by Gasteiger charge is 2.29. The lowest BCUT2D eigenvalue weighted by Gasteiger charge is -2.17. The molecule has 7 heteroatoms. The van der Waals surface area contributed by atoms with Gasteiger partial charge in [-0.3, -0.25) is 9.59 Å². The summed E-state index contributed by atoms with van der Waals surface area (Å²) in [5.74, 6) is -0.732. The Balaban J connectivity index is 1.92. The Morgan fingerprint density at radius 3 is 1.93 bits per heavy atom. The first kappa shape index (κ1) is 20.4. The van der Waals surface area contributed by atoms with Gasteiger partial charge in [0, 0.05) is 18.2 Å². The van der Waals surface area contributed by atoms with Crippen molar-refractivity contribution < 1.29 is 22.2 Å². The minimum atomic E-state index is -4.24. The van der Waals surface area contributed by atoms with E-state index in [1.54, 1.807) is 60.7 Å². The summed E-state index contributed by atoms with van der Waals surface area (Å²) >= 11 is 0. The molecule has 0 saturated carbocycles. The summed E-state index contributed by atoms with van der Waals surface area (Å²) < 4.78 is 31.0. The molecule has 0 fully saturated rings. The number of ketones is 1. The van der Waals surface area contributed by atoms with E-state index < -0.39 is 22.0 Å². The van der Waals surface area contributed by atoms with Gasteiger partial charge in [0.25, 0.3) is 10.1 Å². The molecular weight excluding hydrogens is 390 g/mol. The summed E-state index contributed by atoms with van der Waals surface area (Å²) in [6, 6.07) is 22.4. The van der Waals surface area contributed by atoms with Crippen molar-refractivity contribution in [3.8, 4) is 0 Å². The first-order chi connectivity index (χ1) is 13.9. The molecule has 0 radical (unpaired) electrons. The lowest BCUT2D eigenvalue weighted by Crippen LogP contribution is -2.20. The van der Waals surface area contributed by atoms with Gasteiger partial charge in [-0.05, 0) is 29.8 Å². The molecule has 148 valence electrons. The maximum absolute atomic E-state index is 13.0. The van der Waals surface area contributed by atoms with Gasteiger partial charge in [-0.25, -0.2) is 4.18 Å². The minimum Gasteiger partial charge on any atom is -0.326 e. The van der Waals surface area contributed by atoms with Crippen molar-refractivity contribution in [3.63, 3.8) is 0 Å². The van der Waals surface area contributed by atoms with E-state index >= 15 is 0 Å². The second kappa shape index (κ2) is 8.81. The second-order valence-electron chi connectivity index (χ2n) is 6.28. The molecule has 0 spiro atoms. The van der Waals surface area contributed by atoms with Crippen LogP contribution in [0.1, 0.15) is 28.9 Å². The Hall–Kier alpha value is -3.29. The summed E-state index contributed by atoms with van der Waals surface area (Å²) in [6.07, 6.45) is -1.32. The summed E-state index contributed by atoms with van der Waals surface area (Å²) in [5, 5.41) is 2.56. The Kier molecular flexibility index (Phi) is 6.21. The van der Waals surface area contributed by atoms with Crippen LogP contribution in [-0.2, 0) is 19.1 Å². The zero-order valence-corrected chi connectivity index (χ0v) is 16.4. The average molecular weight is 409 g/mol. The first-order valence-corrected chi connectivity index (χ1v) is 10.2. The quantitative estimate of drug-likeness (QED) is 0.471. The van der Waals surface area contributed by atoms with E-state index in [4.69, 9.17) is 4.18 Å². The van der Waals surface area contributed by atoms with E-state index in [1.807, 2.05) is 0 Å². The van der Waals surface area contributed by atoms with Gasteiger partial charge in [-0.15, -0.1) is 0 Å². The zero-order valence-electron chi connectivity index (χ0n) is 15.6. The van der Waals surface area contributed by atoms with Crippen molar-refractivity contribution >= 4 is 27.5 Å². The van der Waals surface area contributed by atoms with Crippen LogP contribution in [0.5, 0.6) is 0 Å². The van der Waals surface area contributed by atoms with Gasteiger partial charge >= 0.3 is 0 Å². The third-order valence-electron chi connectivity index (χ3n) is 4.09. The maximum atomic E-state index is 13.0. The first-order valence-electron chi connectivity index (χ1n) is 8.82. The Bertz CT molecular complexity index is 1090. The smallest absolute Gasteiger partial charge is 0.298 e. The van der Waals surface area contributed by atoms with Gasteiger partial charge in [-0.1, -0.05) is 60.7 Å². The normalized spacial score (nSPS) is 12.2. The molecule has 0 bridgehead atoms. The number of benzene rings is 3. The van der Waals surface area contributed by atoms with E-state index in [0.717, 1.165) is 0 Å². The number of anilines is 1. The predicted octanol–water partition coefficient (Wildman–Crippen LogP) is 3.97. The number of rotatable bonds is 7. The number of hydrogen-bond donors (Lipinski definition) is 1. The molecule has 1 amide bonds. The largest absolute Gasteiger partial charge is 0.326 e. The zero-order chi connectivity index (χ0) is 20.9. The maximum Gasteiger partial charge on any atom is 0.298 e. The van der Waals surface area contributed by atoms with Crippen molar-refractivity contribution in [3.05, 3.63) is 96.1 Å². The number of amides is 1. The molecule has 6 nitrogen and oxygen atoms in total. The Morgan fingerprint density at radius 1 is 0.828 bits per heavy atom. The molecular formula is C22H19NO5S. The van der Waals surface area contributed by atoms with Gasteiger partial charge in [0.15, 0.2) is 11.9 Å². The summed E-state index contributed by atoms with van der Waals surface area (Å²) in [6.45, 7) is 1.35. The number of nitrogens with one attached hydrogen (secondary N) is 1. The minimum absolute atomic E-state index is 0.117. The van der Waals surface area contributed by atoms with Crippen LogP contribution in [0, 0.1) is 0 Å². The molecule has 0 aromatic heterocycles. The van der Waals surface area contributed by atoms with Crippen LogP contribution in [0.25, 0.3) is 0 Å². The predicted molar refractivity (Wildman–Crippen MR) is 109 cm³/mol. The Labute approximate surface area is 169 Å². The highest BCUT2D eigenvalue weighted by molar-refractivity contribution is 7.86. The fourth-order valence-electron chi connectivity index (χ4n) is 2.72. The fourth-order valence-corrected chi connectivity index (χ4v) is 3.76. The van der Waals surface area contributed by atoms with Crippen LogP contribution < -0.4 is 5.32 Å². The fraction of sp³-hybridized carbons (Fsp3) is 0.0909. The molecule has 0 saturated heterocycles. The molecule has 0 aliphatic heterocycles. The molecule has 3 aromatic carbocycles. The number of carbonyl (C=O) groups excluding carboxylic acids is 2. The topological polar surface area (TPSA) is 89.5 Å². The number of hydrogen-bond acceptors (Lipinski definition) is 5. The molecule has 1 unspecified atom stereocenters. The van der Waals surface area contributed by atoms with Crippen LogP contribution in [0.3, 0.4) is 0 Å². The van der Waals surface area contributed by atoms with Crippen molar-refractivity contribution in [2.75, 3.05) is 5.32 Å². The standard InChI is InChI=1S/C22H19NO5S/c1-16(24)23-19-12-14-20(15-13-19)29(26,27)28-22(18-10-6-3-7-11-18)21(25)17-8-4-2-5-9-17/h2-15,22H,1H3,(H,23,24). The van der Waals surface area contributed by atoms with Crippen LogP contribution in [-0.4, -0.2) is 20.1 Å². The molecule has 29 heavy (non-hydrogen) atoms. The van der Waals surface area contributed by atoms with E-state index in [-0.39, 0.29) is 10.8 Å². The van der Waals surface area contributed by atoms with Crippen molar-refractivity contribution in [2.24, 2.45) is 0 Å². The van der Waals surface area contributed by atoms with Gasteiger partial charge in [0.1, 0.15) is 0 Å². The summed E-state index contributed by atoms with van der Waals surface area (Å²) in [5.41, 5.74) is 1.23. The molecule has 0 aliphatic rings. The third-order valence-corrected chi connectivity index (χ3v) is 5.38. The van der Waals surface area contributed by atoms with E-state index in [1.165, 1.54) is 31.2 Å². The molecule has 0 aliphatic carbocycles. The van der Waals surface area contributed by atoms with Gasteiger partial charge in [0.2, 0.25) is 5.91 Å². The number of Topliss-reactive ketones (excluding diaryl/α,β-unsaturated/α-hetero) is 1. The molecule has 0 heterocycles. The molecule has 3 rings (SSSR count). The van der Waals surface area contributed by atoms with Gasteiger partial charge in [-0.2, -0.15) is 8.42 Å². The van der Waals surface area contributed by atoms with Crippen molar-refractivity contribution in [2.45, 2.75) is 17.9 Å². The SMILES string of the molecule is CC(=O)Nc1ccc(S(=O)(=O)OC(C(=O)c2ccccc2)c2ccccc2)cc1. The van der Waals surface area contributed by atoms with Crippen LogP contribution in [0.4, 0.5) is 5.69 Å². The average Bonchev–Trinajstić information content (AvgIpc) is 2.73. The third kappa shape index (κ3) is 5.16. The Morgan fingerprint density at radius 2 is 1.38 bits per heavy atom. The molecule has 1 atom stereocenters. The van der Waals surface area contributed by atoms with Crippen LogP contribution in [0.15, 0.2) is 89.8 Å². The van der Waals surface area contributed by atoms with Gasteiger partial charge < -0.3 is 5.32 Å². The van der Waals surface area contributed by atoms with E-state index in [2.05, 4.69) is 5.32 Å². The van der Waals surface area contributed by atoms with Crippen molar-refractivity contribution in [1.82, 2.24) is 0 Å². The second-order valence-corrected chi connectivity index (χ2v) is 7.85. The van der Waals surface area contributed by atoms with E-state index in [0.29, 0.717) is 16.8 Å². The van der Waals surface area contributed by atoms with E-state index in [9.17, 15) is 18.0 Å². The summed E-state index contributed by atoms with van der Waals surface area (Å²) in [4.78, 5) is 24.0. The highest BCUT2D eigenvalue weighted by Crippen LogP contribution is 2.28. The van der Waals surface area contributed by atoms with Gasteiger partial charge in [0.05, 0.1) is 4.90 Å².